The molecule has 10 nitrogen and oxygen atoms in total. The third-order valence-electron chi connectivity index (χ3n) is 7.06. The molecule has 0 radical (unpaired) electrons. The van der Waals surface area contributed by atoms with Crippen molar-refractivity contribution >= 4 is 28.6 Å². The van der Waals surface area contributed by atoms with Crippen molar-refractivity contribution in [2.24, 2.45) is 4.99 Å². The van der Waals surface area contributed by atoms with Crippen LogP contribution in [0, 0.1) is 11.3 Å². The highest BCUT2D eigenvalue weighted by Gasteiger charge is 2.31. The van der Waals surface area contributed by atoms with E-state index in [-0.39, 0.29) is 11.7 Å². The molecule has 5 rings (SSSR count). The average molecular weight is 650 g/mol. The second-order valence-corrected chi connectivity index (χ2v) is 11.6. The Kier molecular flexibility index (Phi) is 9.81. The summed E-state index contributed by atoms with van der Waals surface area (Å²) < 4.78 is 48.1. The Morgan fingerprint density at radius 2 is 1.80 bits per heavy atom. The number of hydrogen-bond acceptors (Lipinski definition) is 7. The molecule has 0 bridgehead atoms. The molecule has 0 saturated carbocycles. The number of urea groups is 1. The van der Waals surface area contributed by atoms with E-state index in [2.05, 4.69) is 45.0 Å². The van der Waals surface area contributed by atoms with Gasteiger partial charge in [0, 0.05) is 23.5 Å². The Morgan fingerprint density at radius 3 is 2.46 bits per heavy atom. The zero-order valence-corrected chi connectivity index (χ0v) is 26.0. The molecule has 0 spiro atoms. The molecular formula is C32H30F3N7O3S. The molecule has 0 aliphatic carbocycles. The van der Waals surface area contributed by atoms with Gasteiger partial charge in [-0.25, -0.2) is 14.5 Å². The van der Waals surface area contributed by atoms with Crippen molar-refractivity contribution in [3.05, 3.63) is 84.2 Å². The Balaban J connectivity index is 1.28. The van der Waals surface area contributed by atoms with Crippen molar-refractivity contribution in [1.29, 1.82) is 5.26 Å². The van der Waals surface area contributed by atoms with Crippen LogP contribution in [0.15, 0.2) is 78.0 Å². The quantitative estimate of drug-likeness (QED) is 0.212. The normalized spacial score (nSPS) is 15.0. The van der Waals surface area contributed by atoms with Gasteiger partial charge in [-0.15, -0.1) is 18.3 Å². The maximum absolute atomic E-state index is 13.1. The fraction of sp³-hybridized carbons (Fsp3) is 0.281. The van der Waals surface area contributed by atoms with E-state index >= 15 is 0 Å². The molecule has 2 heterocycles. The minimum absolute atomic E-state index is 0.218. The molecule has 1 aliphatic rings. The summed E-state index contributed by atoms with van der Waals surface area (Å²) in [6, 6.07) is 18.4. The number of carbonyl (C=O) groups is 1. The van der Waals surface area contributed by atoms with Gasteiger partial charge >= 0.3 is 12.4 Å². The summed E-state index contributed by atoms with van der Waals surface area (Å²) >= 11 is 1.49. The molecule has 1 atom stereocenters. The third-order valence-corrected chi connectivity index (χ3v) is 8.12. The number of anilines is 1. The number of carbonyl (C=O) groups excluding carboxylic acids is 1. The molecule has 3 aromatic carbocycles. The van der Waals surface area contributed by atoms with Crippen LogP contribution in [0.3, 0.4) is 0 Å². The summed E-state index contributed by atoms with van der Waals surface area (Å²) in [6.45, 7) is 4.90. The van der Waals surface area contributed by atoms with Crippen LogP contribution < -0.4 is 19.7 Å². The Hall–Kier alpha value is -5.03. The molecule has 1 saturated heterocycles. The van der Waals surface area contributed by atoms with Gasteiger partial charge in [0.1, 0.15) is 23.9 Å². The smallest absolute Gasteiger partial charge is 0.497 e. The largest absolute Gasteiger partial charge is 0.573 e. The van der Waals surface area contributed by atoms with Crippen LogP contribution in [0.4, 0.5) is 23.7 Å². The minimum Gasteiger partial charge on any atom is -0.497 e. The van der Waals surface area contributed by atoms with E-state index < -0.39 is 18.4 Å². The van der Waals surface area contributed by atoms with Crippen LogP contribution >= 0.6 is 11.8 Å². The monoisotopic (exact) mass is 649 g/mol. The van der Waals surface area contributed by atoms with Crippen LogP contribution in [-0.2, 0) is 0 Å². The molecule has 1 aromatic heterocycles. The average Bonchev–Trinajstić information content (AvgIpc) is 3.54. The Bertz CT molecular complexity index is 1750. The van der Waals surface area contributed by atoms with Gasteiger partial charge in [-0.1, -0.05) is 49.9 Å². The fourth-order valence-corrected chi connectivity index (χ4v) is 5.77. The first-order valence-electron chi connectivity index (χ1n) is 14.3. The summed E-state index contributed by atoms with van der Waals surface area (Å²) in [5.74, 6) is 1.81. The number of ether oxygens (including phenoxy) is 2. The molecule has 238 valence electrons. The van der Waals surface area contributed by atoms with Crippen LogP contribution in [0.5, 0.6) is 11.5 Å². The summed E-state index contributed by atoms with van der Waals surface area (Å²) in [7, 11) is 1.63. The van der Waals surface area contributed by atoms with Gasteiger partial charge in [-0.3, -0.25) is 0 Å². The summed E-state index contributed by atoms with van der Waals surface area (Å²) in [5.41, 5.74) is 3.71. The van der Waals surface area contributed by atoms with E-state index in [1.54, 1.807) is 31.4 Å². The van der Waals surface area contributed by atoms with E-state index in [0.717, 1.165) is 29.2 Å². The first-order valence-corrected chi connectivity index (χ1v) is 15.3. The SMILES string of the molecule is COc1ccc(N2CCCSC2=NC(=O)NC(C#N)c2ccc(-c3ncn(-c4ccc(OC(F)(F)F)cc4)n3)cc2)c(C(C)C)c1. The summed E-state index contributed by atoms with van der Waals surface area (Å²) in [6.07, 6.45) is -2.41. The summed E-state index contributed by atoms with van der Waals surface area (Å²) in [5, 5.41) is 17.5. The zero-order valence-electron chi connectivity index (χ0n) is 25.2. The molecule has 2 amide bonds. The number of rotatable bonds is 8. The number of alkyl halides is 3. The van der Waals surface area contributed by atoms with Crippen molar-refractivity contribution < 1.29 is 27.4 Å². The van der Waals surface area contributed by atoms with Gasteiger partial charge in [0.15, 0.2) is 11.0 Å². The lowest BCUT2D eigenvalue weighted by Gasteiger charge is -2.32. The predicted molar refractivity (Wildman–Crippen MR) is 169 cm³/mol. The molecule has 1 unspecified atom stereocenters. The van der Waals surface area contributed by atoms with Gasteiger partial charge in [0.25, 0.3) is 0 Å². The number of methoxy groups -OCH3 is 1. The van der Waals surface area contributed by atoms with Gasteiger partial charge < -0.3 is 19.7 Å². The fourth-order valence-electron chi connectivity index (χ4n) is 4.82. The van der Waals surface area contributed by atoms with Crippen molar-refractivity contribution in [3.63, 3.8) is 0 Å². The number of aliphatic imine (C=N–C) groups is 1. The van der Waals surface area contributed by atoms with E-state index in [1.807, 2.05) is 23.1 Å². The van der Waals surface area contributed by atoms with E-state index in [1.165, 1.54) is 47.0 Å². The molecule has 46 heavy (non-hydrogen) atoms. The lowest BCUT2D eigenvalue weighted by atomic mass is 10.00. The highest BCUT2D eigenvalue weighted by atomic mass is 32.2. The number of hydrogen-bond donors (Lipinski definition) is 1. The predicted octanol–water partition coefficient (Wildman–Crippen LogP) is 7.24. The first kappa shape index (κ1) is 32.4. The third kappa shape index (κ3) is 7.78. The van der Waals surface area contributed by atoms with Gasteiger partial charge in [0.05, 0.1) is 18.9 Å². The van der Waals surface area contributed by atoms with E-state index in [0.29, 0.717) is 34.4 Å². The number of aromatic nitrogens is 3. The number of nitrogens with zero attached hydrogens (tertiary/aromatic N) is 6. The van der Waals surface area contributed by atoms with Crippen molar-refractivity contribution in [1.82, 2.24) is 20.1 Å². The number of amides is 2. The second-order valence-electron chi connectivity index (χ2n) is 10.5. The topological polar surface area (TPSA) is 118 Å². The Labute approximate surface area is 267 Å². The number of amidine groups is 1. The number of halogens is 3. The second kappa shape index (κ2) is 13.9. The highest BCUT2D eigenvalue weighted by molar-refractivity contribution is 8.14. The minimum atomic E-state index is -4.78. The highest BCUT2D eigenvalue weighted by Crippen LogP contribution is 2.35. The Morgan fingerprint density at radius 1 is 1.09 bits per heavy atom. The van der Waals surface area contributed by atoms with Gasteiger partial charge in [-0.05, 0) is 65.9 Å². The number of thioether (sulfide) groups is 1. The van der Waals surface area contributed by atoms with Crippen molar-refractivity contribution in [3.8, 4) is 34.6 Å². The maximum Gasteiger partial charge on any atom is 0.573 e. The number of nitriles is 1. The molecule has 1 N–H and O–H groups in total. The lowest BCUT2D eigenvalue weighted by Crippen LogP contribution is -2.37. The van der Waals surface area contributed by atoms with Gasteiger partial charge in [0.2, 0.25) is 0 Å². The molecular weight excluding hydrogens is 619 g/mol. The van der Waals surface area contributed by atoms with Crippen LogP contribution in [0.25, 0.3) is 17.1 Å². The first-order chi connectivity index (χ1) is 22.0. The van der Waals surface area contributed by atoms with Crippen LogP contribution in [0.2, 0.25) is 0 Å². The number of nitrogens with one attached hydrogen (secondary N) is 1. The van der Waals surface area contributed by atoms with Gasteiger partial charge in [-0.2, -0.15) is 10.3 Å². The van der Waals surface area contributed by atoms with Crippen LogP contribution in [0.1, 0.15) is 43.4 Å². The molecule has 14 heteroatoms. The van der Waals surface area contributed by atoms with E-state index in [9.17, 15) is 23.2 Å². The van der Waals surface area contributed by atoms with Crippen molar-refractivity contribution in [2.45, 2.75) is 38.6 Å². The lowest BCUT2D eigenvalue weighted by molar-refractivity contribution is -0.274. The molecule has 4 aromatic rings. The van der Waals surface area contributed by atoms with Crippen molar-refractivity contribution in [2.75, 3.05) is 24.3 Å². The van der Waals surface area contributed by atoms with E-state index in [4.69, 9.17) is 4.74 Å². The molecule has 1 aliphatic heterocycles. The standard InChI is InChI=1S/C32H30F3N7O3S/c1-20(2)26-17-25(44-3)13-14-28(26)41-15-4-16-46-31(41)39-30(43)38-27(18-36)21-5-7-22(8-6-21)29-37-19-42(40-29)23-9-11-24(12-10-23)45-32(33,34)35/h5-14,17,19-20,27H,4,15-16H2,1-3H3,(H,38,43). The van der Waals surface area contributed by atoms with Crippen LogP contribution in [-0.4, -0.2) is 51.7 Å². The summed E-state index contributed by atoms with van der Waals surface area (Å²) in [4.78, 5) is 23.7. The molecule has 1 fully saturated rings. The zero-order chi connectivity index (χ0) is 32.8. The number of benzene rings is 3. The maximum atomic E-state index is 13.1.